The Kier molecular flexibility index (Phi) is 5.36. The van der Waals surface area contributed by atoms with Gasteiger partial charge in [-0.15, -0.1) is 0 Å². The lowest BCUT2D eigenvalue weighted by atomic mass is 10.1. The summed E-state index contributed by atoms with van der Waals surface area (Å²) in [6, 6.07) is 0.150. The Morgan fingerprint density at radius 3 is 2.40 bits per heavy atom. The normalized spacial score (nSPS) is 12.1. The number of esters is 1. The number of ether oxygens (including phenoxy) is 1. The topological polar surface area (TPSA) is 62.4 Å². The van der Waals surface area contributed by atoms with Gasteiger partial charge in [-0.1, -0.05) is 6.92 Å². The highest BCUT2D eigenvalue weighted by molar-refractivity contribution is 6.00. The van der Waals surface area contributed by atoms with E-state index in [-0.39, 0.29) is 17.9 Å². The fourth-order valence-corrected chi connectivity index (χ4v) is 2.12. The van der Waals surface area contributed by atoms with Crippen LogP contribution in [0, 0.1) is 13.8 Å². The summed E-state index contributed by atoms with van der Waals surface area (Å²) in [5.41, 5.74) is 2.25. The number of aromatic amines is 1. The molecule has 1 atom stereocenters. The molecule has 20 heavy (non-hydrogen) atoms. The van der Waals surface area contributed by atoms with E-state index in [1.807, 2.05) is 13.8 Å². The maximum Gasteiger partial charge on any atom is 0.340 e. The largest absolute Gasteiger partial charge is 0.462 e. The van der Waals surface area contributed by atoms with Gasteiger partial charge < -0.3 is 14.6 Å². The monoisotopic (exact) mass is 280 g/mol. The van der Waals surface area contributed by atoms with Crippen LogP contribution in [0.15, 0.2) is 0 Å². The van der Waals surface area contributed by atoms with Gasteiger partial charge in [0, 0.05) is 18.8 Å². The van der Waals surface area contributed by atoms with Crippen molar-refractivity contribution in [2.24, 2.45) is 0 Å². The number of H-pyrrole nitrogens is 1. The van der Waals surface area contributed by atoms with Crippen LogP contribution in [0.4, 0.5) is 0 Å². The first-order valence-electron chi connectivity index (χ1n) is 6.98. The zero-order valence-corrected chi connectivity index (χ0v) is 13.2. The molecule has 1 aromatic rings. The molecular weight excluding hydrogens is 256 g/mol. The van der Waals surface area contributed by atoms with E-state index < -0.39 is 0 Å². The number of rotatable bonds is 5. The Morgan fingerprint density at radius 2 is 1.90 bits per heavy atom. The lowest BCUT2D eigenvalue weighted by Gasteiger charge is -2.23. The summed E-state index contributed by atoms with van der Waals surface area (Å²) in [7, 11) is 1.77. The molecule has 112 valence electrons. The molecule has 0 fully saturated rings. The number of hydrogen-bond acceptors (Lipinski definition) is 3. The predicted molar refractivity (Wildman–Crippen MR) is 78.1 cm³/mol. The zero-order chi connectivity index (χ0) is 15.4. The van der Waals surface area contributed by atoms with Crippen molar-refractivity contribution in [3.63, 3.8) is 0 Å². The van der Waals surface area contributed by atoms with E-state index in [0.717, 1.165) is 6.42 Å². The summed E-state index contributed by atoms with van der Waals surface area (Å²) in [5.74, 6) is -0.487. The fraction of sp³-hybridized carbons (Fsp3) is 0.600. The van der Waals surface area contributed by atoms with Gasteiger partial charge in [0.15, 0.2) is 0 Å². The Labute approximate surface area is 120 Å². The molecule has 1 heterocycles. The van der Waals surface area contributed by atoms with Crippen molar-refractivity contribution in [1.29, 1.82) is 0 Å². The maximum atomic E-state index is 12.5. The number of amides is 1. The van der Waals surface area contributed by atoms with Crippen LogP contribution in [0.1, 0.15) is 59.3 Å². The minimum Gasteiger partial charge on any atom is -0.462 e. The number of carbonyl (C=O) groups excluding carboxylic acids is 2. The maximum absolute atomic E-state index is 12.5. The number of nitrogens with one attached hydrogen (secondary N) is 1. The lowest BCUT2D eigenvalue weighted by Crippen LogP contribution is -2.35. The van der Waals surface area contributed by atoms with Crippen LogP contribution in [-0.4, -0.2) is 41.5 Å². The van der Waals surface area contributed by atoms with Gasteiger partial charge >= 0.3 is 5.97 Å². The van der Waals surface area contributed by atoms with Gasteiger partial charge in [0.2, 0.25) is 0 Å². The summed E-state index contributed by atoms with van der Waals surface area (Å²) >= 11 is 0. The molecule has 0 radical (unpaired) electrons. The molecule has 1 N–H and O–H groups in total. The van der Waals surface area contributed by atoms with Crippen molar-refractivity contribution in [1.82, 2.24) is 9.88 Å². The van der Waals surface area contributed by atoms with Gasteiger partial charge in [-0.05, 0) is 39.7 Å². The molecule has 5 nitrogen and oxygen atoms in total. The second kappa shape index (κ2) is 6.59. The SMILES string of the molecule is CCOC(=O)c1c(C)[nH]c(C(=O)N(C)C(C)CC)c1C. The van der Waals surface area contributed by atoms with Gasteiger partial charge in [-0.3, -0.25) is 4.79 Å². The summed E-state index contributed by atoms with van der Waals surface area (Å²) < 4.78 is 5.03. The summed E-state index contributed by atoms with van der Waals surface area (Å²) in [5, 5.41) is 0. The molecule has 0 bridgehead atoms. The first-order chi connectivity index (χ1) is 9.34. The van der Waals surface area contributed by atoms with Crippen molar-refractivity contribution < 1.29 is 14.3 Å². The van der Waals surface area contributed by atoms with Crippen LogP contribution >= 0.6 is 0 Å². The van der Waals surface area contributed by atoms with E-state index in [1.165, 1.54) is 0 Å². The first-order valence-corrected chi connectivity index (χ1v) is 6.98. The Bertz CT molecular complexity index is 505. The fourth-order valence-electron chi connectivity index (χ4n) is 2.12. The van der Waals surface area contributed by atoms with Crippen molar-refractivity contribution in [2.75, 3.05) is 13.7 Å². The van der Waals surface area contributed by atoms with Gasteiger partial charge in [0.25, 0.3) is 5.91 Å². The number of carbonyl (C=O) groups is 2. The number of aromatic nitrogens is 1. The van der Waals surface area contributed by atoms with E-state index in [9.17, 15) is 9.59 Å². The highest BCUT2D eigenvalue weighted by Gasteiger charge is 2.25. The molecule has 0 aliphatic rings. The molecule has 1 amide bonds. The minimum atomic E-state index is -0.385. The Morgan fingerprint density at radius 1 is 1.30 bits per heavy atom. The third kappa shape index (κ3) is 3.03. The van der Waals surface area contributed by atoms with Gasteiger partial charge in [-0.2, -0.15) is 0 Å². The summed E-state index contributed by atoms with van der Waals surface area (Å²) in [6.07, 6.45) is 0.881. The van der Waals surface area contributed by atoms with E-state index in [2.05, 4.69) is 4.98 Å². The van der Waals surface area contributed by atoms with E-state index in [1.54, 1.807) is 32.7 Å². The molecule has 0 aromatic carbocycles. The molecule has 0 aliphatic heterocycles. The van der Waals surface area contributed by atoms with Crippen LogP contribution < -0.4 is 0 Å². The molecule has 0 spiro atoms. The average molecular weight is 280 g/mol. The Balaban J connectivity index is 3.13. The standard InChI is InChI=1S/C15H24N2O3/c1-7-9(3)17(6)14(18)13-10(4)12(11(5)16-13)15(19)20-8-2/h9,16H,7-8H2,1-6H3. The molecule has 1 rings (SSSR count). The van der Waals surface area contributed by atoms with E-state index >= 15 is 0 Å². The molecule has 0 saturated heterocycles. The average Bonchev–Trinajstić information content (AvgIpc) is 2.71. The van der Waals surface area contributed by atoms with Crippen LogP contribution in [-0.2, 0) is 4.74 Å². The van der Waals surface area contributed by atoms with E-state index in [4.69, 9.17) is 4.74 Å². The number of hydrogen-bond donors (Lipinski definition) is 1. The molecule has 0 saturated carbocycles. The van der Waals surface area contributed by atoms with Crippen LogP contribution in [0.2, 0.25) is 0 Å². The third-order valence-corrected chi connectivity index (χ3v) is 3.70. The van der Waals surface area contributed by atoms with Crippen molar-refractivity contribution in [2.45, 2.75) is 47.1 Å². The van der Waals surface area contributed by atoms with Crippen LogP contribution in [0.3, 0.4) is 0 Å². The molecular formula is C15H24N2O3. The van der Waals surface area contributed by atoms with Gasteiger partial charge in [-0.25, -0.2) is 4.79 Å². The molecule has 0 aliphatic carbocycles. The van der Waals surface area contributed by atoms with Crippen LogP contribution in [0.25, 0.3) is 0 Å². The molecule has 1 unspecified atom stereocenters. The number of nitrogens with zero attached hydrogens (tertiary/aromatic N) is 1. The quantitative estimate of drug-likeness (QED) is 0.843. The van der Waals surface area contributed by atoms with Gasteiger partial charge in [0.05, 0.1) is 12.2 Å². The van der Waals surface area contributed by atoms with E-state index in [0.29, 0.717) is 29.1 Å². The summed E-state index contributed by atoms with van der Waals surface area (Å²) in [4.78, 5) is 29.1. The predicted octanol–water partition coefficient (Wildman–Crippen LogP) is 2.68. The van der Waals surface area contributed by atoms with Crippen molar-refractivity contribution in [3.8, 4) is 0 Å². The number of aryl methyl sites for hydroxylation is 1. The van der Waals surface area contributed by atoms with Crippen molar-refractivity contribution in [3.05, 3.63) is 22.5 Å². The third-order valence-electron chi connectivity index (χ3n) is 3.70. The zero-order valence-electron chi connectivity index (χ0n) is 13.2. The smallest absolute Gasteiger partial charge is 0.340 e. The van der Waals surface area contributed by atoms with Crippen molar-refractivity contribution >= 4 is 11.9 Å². The molecule has 5 heteroatoms. The minimum absolute atomic E-state index is 0.101. The highest BCUT2D eigenvalue weighted by Crippen LogP contribution is 2.21. The second-order valence-corrected chi connectivity index (χ2v) is 5.02. The second-order valence-electron chi connectivity index (χ2n) is 5.02. The lowest BCUT2D eigenvalue weighted by molar-refractivity contribution is 0.0525. The Hall–Kier alpha value is -1.78. The molecule has 1 aromatic heterocycles. The van der Waals surface area contributed by atoms with Gasteiger partial charge in [0.1, 0.15) is 5.69 Å². The highest BCUT2D eigenvalue weighted by atomic mass is 16.5. The summed E-state index contributed by atoms with van der Waals surface area (Å²) in [6.45, 7) is 9.66. The van der Waals surface area contributed by atoms with Crippen LogP contribution in [0.5, 0.6) is 0 Å². The first kappa shape index (κ1) is 16.3.